The summed E-state index contributed by atoms with van der Waals surface area (Å²) in [4.78, 5) is 10.6. The van der Waals surface area contributed by atoms with Crippen LogP contribution in [0.5, 0.6) is 0 Å². The third-order valence-electron chi connectivity index (χ3n) is 2.45. The van der Waals surface area contributed by atoms with Crippen molar-refractivity contribution in [2.75, 3.05) is 0 Å². The number of carboxylic acids is 1. The van der Waals surface area contributed by atoms with E-state index in [1.165, 1.54) is 12.1 Å². The number of benzene rings is 1. The highest BCUT2D eigenvalue weighted by Gasteiger charge is 2.09. The molecule has 0 aliphatic rings. The standard InChI is InChI=1S/C14H7Cl2NO3/c15-9-1-3-12(16)11(6-9)13-4-2-10(20-13)5-8(7-17)14(18)19/h1-6H,(H,18,19)/p-1/b8-5-. The number of carbonyl (C=O) groups excluding carboxylic acids is 1. The van der Waals surface area contributed by atoms with Gasteiger partial charge in [0, 0.05) is 16.7 Å². The van der Waals surface area contributed by atoms with E-state index in [1.54, 1.807) is 24.3 Å². The van der Waals surface area contributed by atoms with Crippen LogP contribution in [0.3, 0.4) is 0 Å². The number of hydrogen-bond donors (Lipinski definition) is 0. The van der Waals surface area contributed by atoms with E-state index in [0.29, 0.717) is 21.4 Å². The van der Waals surface area contributed by atoms with Gasteiger partial charge in [0.25, 0.3) is 0 Å². The molecular formula is C14H6Cl2NO3-. The van der Waals surface area contributed by atoms with Crippen molar-refractivity contribution in [3.8, 4) is 17.4 Å². The Morgan fingerprint density at radius 3 is 2.70 bits per heavy atom. The van der Waals surface area contributed by atoms with Gasteiger partial charge in [0.2, 0.25) is 0 Å². The lowest BCUT2D eigenvalue weighted by Crippen LogP contribution is -2.23. The van der Waals surface area contributed by atoms with Crippen LogP contribution in [0.25, 0.3) is 17.4 Å². The number of carboxylic acid groups (broad SMARTS) is 1. The van der Waals surface area contributed by atoms with Crippen molar-refractivity contribution in [3.05, 3.63) is 51.7 Å². The minimum atomic E-state index is -1.56. The van der Waals surface area contributed by atoms with E-state index in [1.807, 2.05) is 0 Å². The largest absolute Gasteiger partial charge is 0.544 e. The van der Waals surface area contributed by atoms with E-state index < -0.39 is 11.5 Å². The average molecular weight is 307 g/mol. The second kappa shape index (κ2) is 5.83. The lowest BCUT2D eigenvalue weighted by atomic mass is 10.2. The average Bonchev–Trinajstić information content (AvgIpc) is 2.86. The van der Waals surface area contributed by atoms with E-state index in [0.717, 1.165) is 6.08 Å². The molecule has 0 radical (unpaired) electrons. The molecule has 20 heavy (non-hydrogen) atoms. The summed E-state index contributed by atoms with van der Waals surface area (Å²) in [6.45, 7) is 0. The molecule has 0 saturated carbocycles. The number of aliphatic carboxylic acids is 1. The minimum Gasteiger partial charge on any atom is -0.544 e. The lowest BCUT2D eigenvalue weighted by molar-refractivity contribution is -0.298. The molecule has 0 spiro atoms. The molecule has 0 unspecified atom stereocenters. The van der Waals surface area contributed by atoms with Gasteiger partial charge in [-0.15, -0.1) is 0 Å². The summed E-state index contributed by atoms with van der Waals surface area (Å²) in [5.74, 6) is -0.942. The van der Waals surface area contributed by atoms with Gasteiger partial charge in [-0.2, -0.15) is 5.26 Å². The number of hydrogen-bond acceptors (Lipinski definition) is 4. The normalized spacial score (nSPS) is 11.2. The zero-order valence-electron chi connectivity index (χ0n) is 9.89. The Morgan fingerprint density at radius 1 is 1.30 bits per heavy atom. The van der Waals surface area contributed by atoms with Crippen molar-refractivity contribution in [2.45, 2.75) is 0 Å². The molecular weight excluding hydrogens is 301 g/mol. The first kappa shape index (κ1) is 14.2. The third kappa shape index (κ3) is 3.02. The molecule has 0 fully saturated rings. The van der Waals surface area contributed by atoms with Crippen molar-refractivity contribution < 1.29 is 14.3 Å². The highest BCUT2D eigenvalue weighted by atomic mass is 35.5. The molecule has 0 aliphatic carbocycles. The molecule has 6 heteroatoms. The van der Waals surface area contributed by atoms with Crippen LogP contribution in [-0.4, -0.2) is 5.97 Å². The summed E-state index contributed by atoms with van der Waals surface area (Å²) in [5.41, 5.74) is 0.0499. The lowest BCUT2D eigenvalue weighted by Gasteiger charge is -2.01. The first-order chi connectivity index (χ1) is 9.51. The molecule has 1 aromatic heterocycles. The van der Waals surface area contributed by atoms with Crippen molar-refractivity contribution in [1.29, 1.82) is 5.26 Å². The van der Waals surface area contributed by atoms with Gasteiger partial charge < -0.3 is 14.3 Å². The molecule has 0 atom stereocenters. The molecule has 1 heterocycles. The Bertz CT molecular complexity index is 741. The fourth-order valence-corrected chi connectivity index (χ4v) is 1.92. The second-order valence-electron chi connectivity index (χ2n) is 3.78. The Labute approximate surface area is 124 Å². The number of rotatable bonds is 3. The maximum absolute atomic E-state index is 10.6. The minimum absolute atomic E-state index is 0.205. The number of furan rings is 1. The zero-order valence-corrected chi connectivity index (χ0v) is 11.4. The van der Waals surface area contributed by atoms with Crippen molar-refractivity contribution >= 4 is 35.2 Å². The summed E-state index contributed by atoms with van der Waals surface area (Å²) < 4.78 is 5.43. The maximum atomic E-state index is 10.6. The molecule has 0 aliphatic heterocycles. The van der Waals surface area contributed by atoms with Crippen LogP contribution in [0.1, 0.15) is 5.76 Å². The Hall–Kier alpha value is -2.22. The van der Waals surface area contributed by atoms with Gasteiger partial charge in [-0.25, -0.2) is 0 Å². The first-order valence-electron chi connectivity index (χ1n) is 5.39. The molecule has 2 aromatic rings. The van der Waals surface area contributed by atoms with Crippen molar-refractivity contribution in [3.63, 3.8) is 0 Å². The smallest absolute Gasteiger partial charge is 0.136 e. The van der Waals surface area contributed by atoms with Crippen LogP contribution in [0.4, 0.5) is 0 Å². The monoisotopic (exact) mass is 306 g/mol. The van der Waals surface area contributed by atoms with Gasteiger partial charge >= 0.3 is 0 Å². The number of nitrogens with zero attached hydrogens (tertiary/aromatic N) is 1. The fourth-order valence-electron chi connectivity index (χ4n) is 1.54. The summed E-state index contributed by atoms with van der Waals surface area (Å²) in [5, 5.41) is 20.2. The molecule has 4 nitrogen and oxygen atoms in total. The molecule has 0 amide bonds. The Kier molecular flexibility index (Phi) is 4.14. The van der Waals surface area contributed by atoms with Crippen molar-refractivity contribution in [2.24, 2.45) is 0 Å². The van der Waals surface area contributed by atoms with Crippen LogP contribution in [0.2, 0.25) is 10.0 Å². The van der Waals surface area contributed by atoms with E-state index in [-0.39, 0.29) is 5.76 Å². The van der Waals surface area contributed by atoms with E-state index >= 15 is 0 Å². The van der Waals surface area contributed by atoms with Crippen LogP contribution < -0.4 is 5.11 Å². The van der Waals surface area contributed by atoms with Gasteiger partial charge in [0.1, 0.15) is 17.6 Å². The topological polar surface area (TPSA) is 77.1 Å². The Morgan fingerprint density at radius 2 is 2.05 bits per heavy atom. The summed E-state index contributed by atoms with van der Waals surface area (Å²) in [7, 11) is 0. The van der Waals surface area contributed by atoms with Crippen molar-refractivity contribution in [1.82, 2.24) is 0 Å². The summed E-state index contributed by atoms with van der Waals surface area (Å²) in [6, 6.07) is 9.53. The van der Waals surface area contributed by atoms with Gasteiger partial charge in [-0.05, 0) is 30.3 Å². The molecule has 0 saturated heterocycles. The van der Waals surface area contributed by atoms with Crippen LogP contribution in [0.15, 0.2) is 40.3 Å². The van der Waals surface area contributed by atoms with Crippen LogP contribution >= 0.6 is 23.2 Å². The highest BCUT2D eigenvalue weighted by molar-refractivity contribution is 6.35. The predicted molar refractivity (Wildman–Crippen MR) is 72.8 cm³/mol. The third-order valence-corrected chi connectivity index (χ3v) is 3.01. The van der Waals surface area contributed by atoms with Gasteiger partial charge in [0.05, 0.1) is 16.6 Å². The maximum Gasteiger partial charge on any atom is 0.136 e. The van der Waals surface area contributed by atoms with Gasteiger partial charge in [0.15, 0.2) is 0 Å². The van der Waals surface area contributed by atoms with Crippen LogP contribution in [0, 0.1) is 11.3 Å². The molecule has 0 N–H and O–H groups in total. The van der Waals surface area contributed by atoms with E-state index in [9.17, 15) is 9.90 Å². The molecule has 0 bridgehead atoms. The second-order valence-corrected chi connectivity index (χ2v) is 4.63. The van der Waals surface area contributed by atoms with Gasteiger partial charge in [-0.3, -0.25) is 0 Å². The first-order valence-corrected chi connectivity index (χ1v) is 6.15. The highest BCUT2D eigenvalue weighted by Crippen LogP contribution is 2.32. The molecule has 100 valence electrons. The number of carbonyl (C=O) groups is 1. The quantitative estimate of drug-likeness (QED) is 0.645. The number of halogens is 2. The molecule has 2 rings (SSSR count). The Balaban J connectivity index is 2.42. The summed E-state index contributed by atoms with van der Waals surface area (Å²) in [6.07, 6.45) is 1.08. The van der Waals surface area contributed by atoms with Gasteiger partial charge in [-0.1, -0.05) is 23.2 Å². The van der Waals surface area contributed by atoms with E-state index in [4.69, 9.17) is 32.9 Å². The summed E-state index contributed by atoms with van der Waals surface area (Å²) >= 11 is 11.9. The predicted octanol–water partition coefficient (Wildman–Crippen LogP) is 2.91. The fraction of sp³-hybridized carbons (Fsp3) is 0. The van der Waals surface area contributed by atoms with E-state index in [2.05, 4.69) is 0 Å². The SMILES string of the molecule is N#C/C(=C/c1ccc(-c2cc(Cl)ccc2Cl)o1)C(=O)[O-]. The van der Waals surface area contributed by atoms with Crippen LogP contribution in [-0.2, 0) is 4.79 Å². The number of nitriles is 1. The molecule has 1 aromatic carbocycles. The zero-order chi connectivity index (χ0) is 14.7.